The van der Waals surface area contributed by atoms with Gasteiger partial charge in [-0.3, -0.25) is 4.79 Å². The Hall–Kier alpha value is -1.81. The highest BCUT2D eigenvalue weighted by molar-refractivity contribution is 6.41. The van der Waals surface area contributed by atoms with E-state index >= 15 is 0 Å². The molecule has 0 atom stereocenters. The Morgan fingerprint density at radius 1 is 1.39 bits per heavy atom. The van der Waals surface area contributed by atoms with Crippen LogP contribution < -0.4 is 0 Å². The summed E-state index contributed by atoms with van der Waals surface area (Å²) < 4.78 is 26.5. The van der Waals surface area contributed by atoms with Crippen molar-refractivity contribution in [2.75, 3.05) is 6.61 Å². The first-order valence-electron chi connectivity index (χ1n) is 6.59. The van der Waals surface area contributed by atoms with Crippen molar-refractivity contribution in [2.24, 2.45) is 0 Å². The second kappa shape index (κ2) is 6.21. The summed E-state index contributed by atoms with van der Waals surface area (Å²) in [6, 6.07) is 5.50. The van der Waals surface area contributed by atoms with Gasteiger partial charge in [-0.05, 0) is 38.0 Å². The summed E-state index contributed by atoms with van der Waals surface area (Å²) in [5.74, 6) is -3.53. The molecule has 5 heteroatoms. The third-order valence-electron chi connectivity index (χ3n) is 2.04. The van der Waals surface area contributed by atoms with E-state index in [2.05, 4.69) is 4.74 Å². The highest BCUT2D eigenvalue weighted by Crippen LogP contribution is 2.19. The quantitative estimate of drug-likeness (QED) is 0.396. The minimum Gasteiger partial charge on any atom is -0.507 e. The minimum absolute atomic E-state index is 0.0585. The standard InChI is InChI=1S/C13H13ClO4/c1-3-18-13(17)12(16)8(2)11(15)9-4-6-10(14)7-5-9/h4-7,15H,3H2,1-2H3/i2D3. The van der Waals surface area contributed by atoms with Gasteiger partial charge in [-0.25, -0.2) is 4.79 Å². The van der Waals surface area contributed by atoms with Crippen molar-refractivity contribution >= 4 is 29.1 Å². The van der Waals surface area contributed by atoms with E-state index in [4.69, 9.17) is 15.7 Å². The van der Waals surface area contributed by atoms with Crippen LogP contribution in [-0.2, 0) is 14.3 Å². The first-order valence-corrected chi connectivity index (χ1v) is 5.47. The molecule has 1 aromatic carbocycles. The van der Waals surface area contributed by atoms with Crippen molar-refractivity contribution in [1.29, 1.82) is 0 Å². The number of carbonyl (C=O) groups is 2. The second-order valence-electron chi connectivity index (χ2n) is 3.28. The first-order chi connectivity index (χ1) is 9.68. The Kier molecular flexibility index (Phi) is 3.50. The smallest absolute Gasteiger partial charge is 0.379 e. The lowest BCUT2D eigenvalue weighted by molar-refractivity contribution is -0.151. The number of Topliss-reactive ketones (excluding diaryl/α,β-unsaturated/α-hetero) is 1. The molecule has 0 aromatic heterocycles. The van der Waals surface area contributed by atoms with Crippen LogP contribution in [0.25, 0.3) is 5.76 Å². The molecular weight excluding hydrogens is 256 g/mol. The summed E-state index contributed by atoms with van der Waals surface area (Å²) in [6.07, 6.45) is 0. The number of carbonyl (C=O) groups excluding carboxylic acids is 2. The van der Waals surface area contributed by atoms with E-state index in [-0.39, 0.29) is 12.2 Å². The fourth-order valence-electron chi connectivity index (χ4n) is 1.16. The molecule has 0 unspecified atom stereocenters. The second-order valence-corrected chi connectivity index (χ2v) is 3.72. The fraction of sp³-hybridized carbons (Fsp3) is 0.231. The highest BCUT2D eigenvalue weighted by atomic mass is 35.5. The van der Waals surface area contributed by atoms with Gasteiger partial charge < -0.3 is 9.84 Å². The maximum Gasteiger partial charge on any atom is 0.379 e. The molecule has 18 heavy (non-hydrogen) atoms. The van der Waals surface area contributed by atoms with Crippen LogP contribution in [0.1, 0.15) is 23.5 Å². The van der Waals surface area contributed by atoms with Crippen molar-refractivity contribution in [3.05, 3.63) is 40.4 Å². The molecule has 0 aliphatic heterocycles. The molecule has 1 rings (SSSR count). The van der Waals surface area contributed by atoms with Crippen molar-refractivity contribution in [3.63, 3.8) is 0 Å². The summed E-state index contributed by atoms with van der Waals surface area (Å²) in [5.41, 5.74) is -0.925. The average Bonchev–Trinajstić information content (AvgIpc) is 2.38. The summed E-state index contributed by atoms with van der Waals surface area (Å²) in [6.45, 7) is -1.57. The largest absolute Gasteiger partial charge is 0.507 e. The molecule has 96 valence electrons. The Balaban J connectivity index is 3.36. The number of aliphatic hydroxyl groups excluding tert-OH is 1. The van der Waals surface area contributed by atoms with Gasteiger partial charge in [0.25, 0.3) is 5.78 Å². The molecule has 0 aliphatic rings. The molecule has 0 saturated heterocycles. The number of hydrogen-bond acceptors (Lipinski definition) is 4. The summed E-state index contributed by atoms with van der Waals surface area (Å²) in [5, 5.41) is 10.4. The van der Waals surface area contributed by atoms with Gasteiger partial charge in [0, 0.05) is 20.3 Å². The van der Waals surface area contributed by atoms with E-state index in [0.29, 0.717) is 5.02 Å². The number of ketones is 1. The number of hydrogen-bond donors (Lipinski definition) is 1. The van der Waals surface area contributed by atoms with Crippen LogP contribution >= 0.6 is 11.6 Å². The van der Waals surface area contributed by atoms with Crippen LogP contribution in [0.2, 0.25) is 5.02 Å². The van der Waals surface area contributed by atoms with E-state index in [1.807, 2.05) is 0 Å². The maximum atomic E-state index is 11.9. The van der Waals surface area contributed by atoms with E-state index < -0.39 is 29.9 Å². The van der Waals surface area contributed by atoms with Crippen molar-refractivity contribution in [2.45, 2.75) is 13.8 Å². The number of ether oxygens (including phenoxy) is 1. The van der Waals surface area contributed by atoms with Crippen molar-refractivity contribution in [1.82, 2.24) is 0 Å². The van der Waals surface area contributed by atoms with Gasteiger partial charge in [-0.1, -0.05) is 11.6 Å². The molecule has 4 nitrogen and oxygen atoms in total. The Morgan fingerprint density at radius 2 is 2.00 bits per heavy atom. The third-order valence-corrected chi connectivity index (χ3v) is 2.29. The monoisotopic (exact) mass is 271 g/mol. The lowest BCUT2D eigenvalue weighted by Gasteiger charge is -2.05. The predicted octanol–water partition coefficient (Wildman–Crippen LogP) is 2.76. The first kappa shape index (κ1) is 10.1. The van der Waals surface area contributed by atoms with Gasteiger partial charge >= 0.3 is 5.97 Å². The van der Waals surface area contributed by atoms with Crippen LogP contribution in [0.4, 0.5) is 0 Å². The Bertz CT molecular complexity index is 576. The van der Waals surface area contributed by atoms with Gasteiger partial charge in [0.05, 0.1) is 6.61 Å². The van der Waals surface area contributed by atoms with E-state index in [9.17, 15) is 14.7 Å². The van der Waals surface area contributed by atoms with Gasteiger partial charge in [-0.2, -0.15) is 0 Å². The molecule has 0 bridgehead atoms. The van der Waals surface area contributed by atoms with Gasteiger partial charge in [0.1, 0.15) is 5.76 Å². The molecule has 0 saturated carbocycles. The Labute approximate surface area is 114 Å². The zero-order valence-corrected chi connectivity index (χ0v) is 10.3. The predicted molar refractivity (Wildman–Crippen MR) is 68.3 cm³/mol. The number of halogens is 1. The zero-order valence-electron chi connectivity index (χ0n) is 12.6. The van der Waals surface area contributed by atoms with Crippen LogP contribution in [0, 0.1) is 0 Å². The molecule has 0 heterocycles. The number of esters is 1. The van der Waals surface area contributed by atoms with Crippen LogP contribution in [0.3, 0.4) is 0 Å². The summed E-state index contributed by atoms with van der Waals surface area (Å²) in [7, 11) is 0. The Morgan fingerprint density at radius 3 is 2.50 bits per heavy atom. The van der Waals surface area contributed by atoms with E-state index in [0.717, 1.165) is 0 Å². The molecule has 0 fully saturated rings. The number of rotatable bonds is 4. The zero-order chi connectivity index (χ0) is 16.2. The normalized spacial score (nSPS) is 14.9. The highest BCUT2D eigenvalue weighted by Gasteiger charge is 2.20. The molecule has 0 spiro atoms. The molecule has 0 aliphatic carbocycles. The van der Waals surface area contributed by atoms with Crippen molar-refractivity contribution < 1.29 is 23.5 Å². The molecular formula is C13H13ClO4. The van der Waals surface area contributed by atoms with Crippen molar-refractivity contribution in [3.8, 4) is 0 Å². The minimum atomic E-state index is -2.96. The SMILES string of the molecule is [2H]C([2H])([2H])C(C(=O)C(=O)OCC)=C(O)c1ccc(Cl)cc1. The summed E-state index contributed by atoms with van der Waals surface area (Å²) >= 11 is 5.69. The average molecular weight is 272 g/mol. The van der Waals surface area contributed by atoms with Crippen LogP contribution in [0.5, 0.6) is 0 Å². The maximum absolute atomic E-state index is 11.9. The van der Waals surface area contributed by atoms with E-state index in [1.165, 1.54) is 31.2 Å². The fourth-order valence-corrected chi connectivity index (χ4v) is 1.28. The van der Waals surface area contributed by atoms with Crippen LogP contribution in [0.15, 0.2) is 29.8 Å². The van der Waals surface area contributed by atoms with Gasteiger partial charge in [0.15, 0.2) is 0 Å². The van der Waals surface area contributed by atoms with Gasteiger partial charge in [-0.15, -0.1) is 0 Å². The molecule has 1 aromatic rings. The molecule has 0 radical (unpaired) electrons. The molecule has 1 N–H and O–H groups in total. The lowest BCUT2D eigenvalue weighted by atomic mass is 10.1. The van der Waals surface area contributed by atoms with Gasteiger partial charge in [0.2, 0.25) is 0 Å². The molecule has 0 amide bonds. The number of benzene rings is 1. The lowest BCUT2D eigenvalue weighted by Crippen LogP contribution is -2.19. The summed E-state index contributed by atoms with van der Waals surface area (Å²) in [4.78, 5) is 23.3. The van der Waals surface area contributed by atoms with Crippen LogP contribution in [-0.4, -0.2) is 23.5 Å². The van der Waals surface area contributed by atoms with E-state index in [1.54, 1.807) is 0 Å². The number of aliphatic hydroxyl groups is 1. The third kappa shape index (κ3) is 3.34. The topological polar surface area (TPSA) is 63.6 Å².